The van der Waals surface area contributed by atoms with Crippen LogP contribution in [-0.4, -0.2) is 67.4 Å². The Morgan fingerprint density at radius 2 is 1.93 bits per heavy atom. The van der Waals surface area contributed by atoms with Crippen molar-refractivity contribution in [3.8, 4) is 0 Å². The normalized spacial score (nSPS) is 20.9. The summed E-state index contributed by atoms with van der Waals surface area (Å²) >= 11 is 0. The third kappa shape index (κ3) is 4.59. The molecule has 150 valence electrons. The van der Waals surface area contributed by atoms with Gasteiger partial charge >= 0.3 is 0 Å². The third-order valence-corrected chi connectivity index (χ3v) is 5.63. The molecule has 0 spiro atoms. The Kier molecular flexibility index (Phi) is 6.02. The predicted molar refractivity (Wildman–Crippen MR) is 108 cm³/mol. The Labute approximate surface area is 165 Å². The van der Waals surface area contributed by atoms with E-state index in [1.807, 2.05) is 24.4 Å². The van der Waals surface area contributed by atoms with Crippen molar-refractivity contribution in [3.63, 3.8) is 0 Å². The van der Waals surface area contributed by atoms with Gasteiger partial charge in [0.05, 0.1) is 13.2 Å². The van der Waals surface area contributed by atoms with Gasteiger partial charge in [0.1, 0.15) is 11.6 Å². The lowest BCUT2D eigenvalue weighted by atomic mass is 10.0. The molecule has 0 saturated carbocycles. The quantitative estimate of drug-likeness (QED) is 0.788. The first-order valence-corrected chi connectivity index (χ1v) is 10.0. The molecular formula is C21H28FN5O. The zero-order valence-corrected chi connectivity index (χ0v) is 16.4. The van der Waals surface area contributed by atoms with Crippen molar-refractivity contribution in [3.05, 3.63) is 47.9 Å². The lowest BCUT2D eigenvalue weighted by molar-refractivity contribution is 0.122. The van der Waals surface area contributed by atoms with Gasteiger partial charge in [-0.15, -0.1) is 0 Å². The Morgan fingerprint density at radius 1 is 1.14 bits per heavy atom. The highest BCUT2D eigenvalue weighted by Crippen LogP contribution is 2.22. The minimum Gasteiger partial charge on any atom is -0.378 e. The van der Waals surface area contributed by atoms with Gasteiger partial charge in [-0.25, -0.2) is 9.37 Å². The maximum atomic E-state index is 13.1. The molecule has 4 rings (SSSR count). The van der Waals surface area contributed by atoms with Crippen molar-refractivity contribution >= 4 is 11.8 Å². The fourth-order valence-corrected chi connectivity index (χ4v) is 3.98. The van der Waals surface area contributed by atoms with Crippen molar-refractivity contribution in [2.75, 3.05) is 56.2 Å². The van der Waals surface area contributed by atoms with Gasteiger partial charge in [-0.2, -0.15) is 4.98 Å². The molecule has 7 heteroatoms. The van der Waals surface area contributed by atoms with E-state index in [1.165, 1.54) is 12.1 Å². The van der Waals surface area contributed by atoms with Gasteiger partial charge in [0, 0.05) is 45.5 Å². The zero-order valence-electron chi connectivity index (χ0n) is 16.4. The Balaban J connectivity index is 1.41. The molecule has 2 aliphatic heterocycles. The van der Waals surface area contributed by atoms with E-state index in [2.05, 4.69) is 26.7 Å². The molecule has 0 bridgehead atoms. The van der Waals surface area contributed by atoms with Crippen LogP contribution in [0, 0.1) is 5.82 Å². The van der Waals surface area contributed by atoms with Crippen LogP contribution in [0.15, 0.2) is 36.5 Å². The first kappa shape index (κ1) is 19.1. The average Bonchev–Trinajstić information content (AvgIpc) is 2.76. The fourth-order valence-electron chi connectivity index (χ4n) is 3.98. The molecule has 1 unspecified atom stereocenters. The number of anilines is 2. The molecular weight excluding hydrogens is 357 g/mol. The second-order valence-electron chi connectivity index (χ2n) is 7.58. The number of likely N-dealkylation sites (N-methyl/N-ethyl adjacent to an activating group) is 1. The summed E-state index contributed by atoms with van der Waals surface area (Å²) < 4.78 is 18.6. The highest BCUT2D eigenvalue weighted by Gasteiger charge is 2.25. The van der Waals surface area contributed by atoms with E-state index in [-0.39, 0.29) is 5.82 Å². The van der Waals surface area contributed by atoms with Crippen LogP contribution in [0.4, 0.5) is 16.2 Å². The van der Waals surface area contributed by atoms with Gasteiger partial charge in [-0.1, -0.05) is 12.1 Å². The standard InChI is InChI=1S/C21H28FN5O/c1-25(21-23-9-8-20(24-21)27-11-13-28-14-12-27)19-3-2-10-26(16-19)15-17-4-6-18(22)7-5-17/h4-9,19H,2-3,10-16H2,1H3. The van der Waals surface area contributed by atoms with E-state index >= 15 is 0 Å². The number of hydrogen-bond donors (Lipinski definition) is 0. The van der Waals surface area contributed by atoms with Gasteiger partial charge in [0.25, 0.3) is 0 Å². The molecule has 1 aromatic carbocycles. The van der Waals surface area contributed by atoms with Gasteiger partial charge in [-0.05, 0) is 43.1 Å². The fraction of sp³-hybridized carbons (Fsp3) is 0.524. The van der Waals surface area contributed by atoms with Crippen LogP contribution in [-0.2, 0) is 11.3 Å². The van der Waals surface area contributed by atoms with Crippen molar-refractivity contribution in [2.45, 2.75) is 25.4 Å². The van der Waals surface area contributed by atoms with Crippen LogP contribution in [0.2, 0.25) is 0 Å². The molecule has 1 aromatic heterocycles. The Bertz CT molecular complexity index is 766. The molecule has 2 aromatic rings. The molecule has 2 saturated heterocycles. The second kappa shape index (κ2) is 8.84. The van der Waals surface area contributed by atoms with Crippen molar-refractivity contribution in [1.29, 1.82) is 0 Å². The van der Waals surface area contributed by atoms with Crippen LogP contribution in [0.1, 0.15) is 18.4 Å². The topological polar surface area (TPSA) is 44.7 Å². The number of aromatic nitrogens is 2. The van der Waals surface area contributed by atoms with Gasteiger partial charge in [0.15, 0.2) is 0 Å². The highest BCUT2D eigenvalue weighted by molar-refractivity contribution is 5.44. The van der Waals surface area contributed by atoms with Crippen LogP contribution in [0.3, 0.4) is 0 Å². The lowest BCUT2D eigenvalue weighted by Crippen LogP contribution is -2.47. The minimum atomic E-state index is -0.183. The van der Waals surface area contributed by atoms with Crippen LogP contribution in [0.25, 0.3) is 0 Å². The maximum Gasteiger partial charge on any atom is 0.227 e. The Morgan fingerprint density at radius 3 is 2.71 bits per heavy atom. The summed E-state index contributed by atoms with van der Waals surface area (Å²) in [6.07, 6.45) is 4.11. The smallest absolute Gasteiger partial charge is 0.227 e. The van der Waals surface area contributed by atoms with Crippen molar-refractivity contribution < 1.29 is 9.13 Å². The monoisotopic (exact) mass is 385 g/mol. The number of halogens is 1. The summed E-state index contributed by atoms with van der Waals surface area (Å²) in [7, 11) is 2.09. The van der Waals surface area contributed by atoms with Gasteiger partial charge in [-0.3, -0.25) is 4.90 Å². The molecule has 28 heavy (non-hydrogen) atoms. The zero-order chi connectivity index (χ0) is 19.3. The first-order valence-electron chi connectivity index (χ1n) is 10.0. The number of ether oxygens (including phenoxy) is 1. The summed E-state index contributed by atoms with van der Waals surface area (Å²) in [5, 5.41) is 0. The molecule has 0 amide bonds. The summed E-state index contributed by atoms with van der Waals surface area (Å²) in [4.78, 5) is 16.2. The molecule has 0 radical (unpaired) electrons. The van der Waals surface area contributed by atoms with E-state index in [1.54, 1.807) is 0 Å². The predicted octanol–water partition coefficient (Wildman–Crippen LogP) is 2.55. The second-order valence-corrected chi connectivity index (χ2v) is 7.58. The first-order chi connectivity index (χ1) is 13.7. The van der Waals surface area contributed by atoms with E-state index in [0.717, 1.165) is 76.1 Å². The molecule has 2 fully saturated rings. The third-order valence-electron chi connectivity index (χ3n) is 5.63. The average molecular weight is 385 g/mol. The highest BCUT2D eigenvalue weighted by atomic mass is 19.1. The van der Waals surface area contributed by atoms with E-state index in [4.69, 9.17) is 9.72 Å². The molecule has 0 N–H and O–H groups in total. The van der Waals surface area contributed by atoms with Gasteiger partial charge < -0.3 is 14.5 Å². The largest absolute Gasteiger partial charge is 0.378 e. The summed E-state index contributed by atoms with van der Waals surface area (Å²) in [6.45, 7) is 6.10. The van der Waals surface area contributed by atoms with Crippen LogP contribution >= 0.6 is 0 Å². The molecule has 0 aliphatic carbocycles. The van der Waals surface area contributed by atoms with E-state index < -0.39 is 0 Å². The van der Waals surface area contributed by atoms with E-state index in [9.17, 15) is 4.39 Å². The number of rotatable bonds is 5. The van der Waals surface area contributed by atoms with Crippen molar-refractivity contribution in [1.82, 2.24) is 14.9 Å². The number of piperidine rings is 1. The van der Waals surface area contributed by atoms with E-state index in [0.29, 0.717) is 6.04 Å². The van der Waals surface area contributed by atoms with Crippen LogP contribution < -0.4 is 9.80 Å². The summed E-state index contributed by atoms with van der Waals surface area (Å²) in [6, 6.07) is 9.16. The lowest BCUT2D eigenvalue weighted by Gasteiger charge is -2.38. The number of benzene rings is 1. The summed E-state index contributed by atoms with van der Waals surface area (Å²) in [5.74, 6) is 1.56. The number of morpholine rings is 1. The van der Waals surface area contributed by atoms with Crippen LogP contribution in [0.5, 0.6) is 0 Å². The molecule has 1 atom stereocenters. The molecule has 2 aliphatic rings. The van der Waals surface area contributed by atoms with Crippen molar-refractivity contribution in [2.24, 2.45) is 0 Å². The Hall–Kier alpha value is -2.25. The molecule has 6 nitrogen and oxygen atoms in total. The minimum absolute atomic E-state index is 0.183. The maximum absolute atomic E-state index is 13.1. The number of nitrogens with zero attached hydrogens (tertiary/aromatic N) is 5. The number of likely N-dealkylation sites (tertiary alicyclic amines) is 1. The number of hydrogen-bond acceptors (Lipinski definition) is 6. The summed E-state index contributed by atoms with van der Waals surface area (Å²) in [5.41, 5.74) is 1.15. The molecule has 3 heterocycles. The SMILES string of the molecule is CN(c1nccc(N2CCOCC2)n1)C1CCCN(Cc2ccc(F)cc2)C1. The van der Waals surface area contributed by atoms with Gasteiger partial charge in [0.2, 0.25) is 5.95 Å².